The van der Waals surface area contributed by atoms with E-state index < -0.39 is 36.2 Å². The second-order valence-corrected chi connectivity index (χ2v) is 5.39. The summed E-state index contributed by atoms with van der Waals surface area (Å²) < 4.78 is 34.5. The van der Waals surface area contributed by atoms with E-state index in [-0.39, 0.29) is 5.75 Å². The summed E-state index contributed by atoms with van der Waals surface area (Å²) in [6.07, 6.45) is -5.56. The van der Waals surface area contributed by atoms with E-state index in [2.05, 4.69) is 21.7 Å². The van der Waals surface area contributed by atoms with Gasteiger partial charge in [-0.2, -0.15) is 0 Å². The molecule has 0 spiro atoms. The summed E-state index contributed by atoms with van der Waals surface area (Å²) in [7, 11) is 0. The van der Waals surface area contributed by atoms with Crippen molar-refractivity contribution in [2.24, 2.45) is 0 Å². The summed E-state index contributed by atoms with van der Waals surface area (Å²) in [6, 6.07) is 5.33. The van der Waals surface area contributed by atoms with E-state index in [1.807, 2.05) is 0 Å². The van der Waals surface area contributed by atoms with Crippen molar-refractivity contribution < 1.29 is 33.6 Å². The summed E-state index contributed by atoms with van der Waals surface area (Å²) in [6.45, 7) is 1.55. The van der Waals surface area contributed by atoms with Crippen molar-refractivity contribution in [2.45, 2.75) is 43.1 Å². The zero-order valence-electron chi connectivity index (χ0n) is 11.5. The van der Waals surface area contributed by atoms with Crippen LogP contribution < -0.4 is 10.1 Å². The molecule has 1 aliphatic rings. The van der Waals surface area contributed by atoms with E-state index in [1.165, 1.54) is 24.3 Å². The first-order chi connectivity index (χ1) is 10.2. The Bertz CT molecular complexity index is 498. The van der Waals surface area contributed by atoms with Crippen LogP contribution in [0.25, 0.3) is 0 Å². The molecule has 1 aromatic carbocycles. The summed E-state index contributed by atoms with van der Waals surface area (Å²) >= 11 is 4.65. The van der Waals surface area contributed by atoms with E-state index in [4.69, 9.17) is 4.74 Å². The van der Waals surface area contributed by atoms with Gasteiger partial charge in [-0.15, -0.1) is 8.78 Å². The Balaban J connectivity index is 2.01. The number of ether oxygens (including phenoxy) is 2. The molecule has 5 atom stereocenters. The highest BCUT2D eigenvalue weighted by molar-refractivity contribution is 6.20. The molecule has 4 N–H and O–H groups in total. The minimum absolute atomic E-state index is 0.139. The maximum Gasteiger partial charge on any atom is 0.487 e. The fourth-order valence-electron chi connectivity index (χ4n) is 2.09. The van der Waals surface area contributed by atoms with Gasteiger partial charge in [0.15, 0.2) is 6.23 Å². The topological polar surface area (TPSA) is 91.2 Å². The summed E-state index contributed by atoms with van der Waals surface area (Å²) in [5.41, 5.74) is -3.36. The van der Waals surface area contributed by atoms with E-state index in [0.29, 0.717) is 5.69 Å². The molecule has 1 fully saturated rings. The first-order valence-corrected chi connectivity index (χ1v) is 6.87. The van der Waals surface area contributed by atoms with Crippen molar-refractivity contribution in [1.82, 2.24) is 0 Å². The van der Waals surface area contributed by atoms with Crippen LogP contribution in [0.4, 0.5) is 14.5 Å². The largest absolute Gasteiger partial charge is 0.487 e. The molecule has 0 amide bonds. The molecule has 6 nitrogen and oxygen atoms in total. The van der Waals surface area contributed by atoms with E-state index in [0.717, 1.165) is 0 Å². The van der Waals surface area contributed by atoms with Gasteiger partial charge in [-0.05, 0) is 31.2 Å². The van der Waals surface area contributed by atoms with Crippen LogP contribution in [0.15, 0.2) is 24.3 Å². The molecule has 0 saturated carbocycles. The van der Waals surface area contributed by atoms with Crippen molar-refractivity contribution in [3.8, 4) is 5.75 Å². The Morgan fingerprint density at radius 3 is 2.27 bits per heavy atom. The Hall–Kier alpha value is -1.19. The van der Waals surface area contributed by atoms with Gasteiger partial charge in [0.1, 0.15) is 24.1 Å². The van der Waals surface area contributed by atoms with Crippen molar-refractivity contribution in [1.29, 1.82) is 0 Å². The van der Waals surface area contributed by atoms with Gasteiger partial charge in [0.05, 0.1) is 6.10 Å². The smallest absolute Gasteiger partial charge is 0.420 e. The van der Waals surface area contributed by atoms with Crippen LogP contribution in [0.3, 0.4) is 0 Å². The molecule has 1 saturated heterocycles. The third-order valence-electron chi connectivity index (χ3n) is 3.25. The number of aliphatic hydroxyl groups is 3. The molecule has 1 aliphatic heterocycles. The number of hydrogen-bond donors (Lipinski definition) is 4. The van der Waals surface area contributed by atoms with E-state index >= 15 is 0 Å². The van der Waals surface area contributed by atoms with Gasteiger partial charge in [0.2, 0.25) is 0 Å². The molecule has 0 aliphatic carbocycles. The molecular formula is C13H16ClF2NO5. The molecule has 2 rings (SSSR count). The number of nitrogens with one attached hydrogen (secondary N) is 1. The first-order valence-electron chi connectivity index (χ1n) is 6.49. The normalized spacial score (nSPS) is 32.6. The number of benzene rings is 1. The zero-order chi connectivity index (χ0) is 16.5. The van der Waals surface area contributed by atoms with E-state index in [9.17, 15) is 24.1 Å². The monoisotopic (exact) mass is 339 g/mol. The second kappa shape index (κ2) is 6.51. The molecule has 1 aromatic rings. The maximum absolute atomic E-state index is 12.5. The van der Waals surface area contributed by atoms with Gasteiger partial charge in [0.25, 0.3) is 0 Å². The van der Waals surface area contributed by atoms with Gasteiger partial charge < -0.3 is 30.1 Å². The highest BCUT2D eigenvalue weighted by Gasteiger charge is 2.41. The number of aliphatic hydroxyl groups excluding tert-OH is 3. The molecule has 0 aromatic heterocycles. The summed E-state index contributed by atoms with van der Waals surface area (Å²) in [5.74, 6) is -0.139. The minimum Gasteiger partial charge on any atom is -0.420 e. The highest BCUT2D eigenvalue weighted by Crippen LogP contribution is 2.27. The standard InChI is InChI=1S/C13H16ClF2NO5/c1-6-9(18)10(19)11(20)12(21-6)17-7-2-4-8(5-3-7)22-13(14,15)16/h2-6,9-12,17-20H,1H3/t6-,9-,10+,11+,12-/m0/s1. The molecule has 22 heavy (non-hydrogen) atoms. The van der Waals surface area contributed by atoms with Crippen molar-refractivity contribution >= 4 is 17.3 Å². The van der Waals surface area contributed by atoms with Crippen molar-refractivity contribution in [3.05, 3.63) is 24.3 Å². The lowest BCUT2D eigenvalue weighted by atomic mass is 9.99. The number of rotatable bonds is 4. The molecular weight excluding hydrogens is 324 g/mol. The lowest BCUT2D eigenvalue weighted by Gasteiger charge is -2.39. The van der Waals surface area contributed by atoms with E-state index in [1.54, 1.807) is 6.92 Å². The van der Waals surface area contributed by atoms with Crippen LogP contribution in [0.1, 0.15) is 6.92 Å². The Labute approximate surface area is 130 Å². The van der Waals surface area contributed by atoms with Crippen LogP contribution in [0, 0.1) is 0 Å². The average Bonchev–Trinajstić information content (AvgIpc) is 2.43. The first kappa shape index (κ1) is 17.2. The molecule has 1 heterocycles. The summed E-state index contributed by atoms with van der Waals surface area (Å²) in [4.78, 5) is 0. The van der Waals surface area contributed by atoms with Crippen LogP contribution >= 0.6 is 11.6 Å². The minimum atomic E-state index is -3.80. The Morgan fingerprint density at radius 1 is 1.14 bits per heavy atom. The molecule has 124 valence electrons. The zero-order valence-corrected chi connectivity index (χ0v) is 12.2. The molecule has 0 radical (unpaired) electrons. The third-order valence-corrected chi connectivity index (χ3v) is 3.33. The van der Waals surface area contributed by atoms with Crippen molar-refractivity contribution in [3.63, 3.8) is 0 Å². The van der Waals surface area contributed by atoms with Gasteiger partial charge in [-0.25, -0.2) is 0 Å². The molecule has 0 bridgehead atoms. The number of halogens is 3. The van der Waals surface area contributed by atoms with Gasteiger partial charge >= 0.3 is 5.57 Å². The summed E-state index contributed by atoms with van der Waals surface area (Å²) in [5, 5.41) is 31.9. The highest BCUT2D eigenvalue weighted by atomic mass is 35.5. The fourth-order valence-corrected chi connectivity index (χ4v) is 2.18. The Kier molecular flexibility index (Phi) is 5.08. The average molecular weight is 340 g/mol. The number of anilines is 1. The second-order valence-electron chi connectivity index (χ2n) is 4.95. The van der Waals surface area contributed by atoms with Gasteiger partial charge in [-0.1, -0.05) is 0 Å². The molecule has 0 unspecified atom stereocenters. The number of hydrogen-bond acceptors (Lipinski definition) is 6. The number of alkyl halides is 3. The lowest BCUT2D eigenvalue weighted by Crippen LogP contribution is -2.58. The SMILES string of the molecule is C[C@@H]1O[C@H](Nc2ccc(OC(F)(F)Cl)cc2)[C@H](O)[C@H](O)[C@H]1O. The maximum atomic E-state index is 12.5. The Morgan fingerprint density at radius 2 is 1.73 bits per heavy atom. The van der Waals surface area contributed by atoms with Crippen LogP contribution in [-0.2, 0) is 4.74 Å². The third kappa shape index (κ3) is 4.17. The van der Waals surface area contributed by atoms with Gasteiger partial charge in [0, 0.05) is 17.3 Å². The van der Waals surface area contributed by atoms with Crippen LogP contribution in [0.2, 0.25) is 0 Å². The predicted molar refractivity (Wildman–Crippen MR) is 73.8 cm³/mol. The van der Waals surface area contributed by atoms with Crippen LogP contribution in [-0.4, -0.2) is 51.5 Å². The van der Waals surface area contributed by atoms with Crippen LogP contribution in [0.5, 0.6) is 5.75 Å². The quantitative estimate of drug-likeness (QED) is 0.614. The van der Waals surface area contributed by atoms with Gasteiger partial charge in [-0.3, -0.25) is 0 Å². The fraction of sp³-hybridized carbons (Fsp3) is 0.538. The lowest BCUT2D eigenvalue weighted by molar-refractivity contribution is -0.209. The molecule has 9 heteroatoms. The van der Waals surface area contributed by atoms with Crippen molar-refractivity contribution in [2.75, 3.05) is 5.32 Å². The predicted octanol–water partition coefficient (Wildman–Crippen LogP) is 1.09.